The molecule has 1 aromatic carbocycles. The molecule has 1 aliphatic rings. The molecule has 3 heterocycles. The SMILES string of the molecule is Cc1nc2sc([C@H](c3ccc(Cl)c(Cl)c3)N3C[C@H](C)O[C@@H](C)C3)c(O)n2n1. The lowest BCUT2D eigenvalue weighted by Crippen LogP contribution is -2.47. The van der Waals surface area contributed by atoms with Crippen molar-refractivity contribution in [3.05, 3.63) is 44.5 Å². The molecule has 2 aromatic heterocycles. The Morgan fingerprint density at radius 2 is 1.93 bits per heavy atom. The summed E-state index contributed by atoms with van der Waals surface area (Å²) in [4.78, 5) is 8.15. The van der Waals surface area contributed by atoms with Gasteiger partial charge in [0.1, 0.15) is 5.82 Å². The van der Waals surface area contributed by atoms with Gasteiger partial charge < -0.3 is 9.84 Å². The number of hydrogen-bond acceptors (Lipinski definition) is 6. The molecule has 3 atom stereocenters. The second-order valence-corrected chi connectivity index (χ2v) is 8.75. The van der Waals surface area contributed by atoms with Crippen LogP contribution < -0.4 is 0 Å². The molecule has 0 amide bonds. The fourth-order valence-corrected chi connectivity index (χ4v) is 5.13. The molecule has 0 radical (unpaired) electrons. The Bertz CT molecular complexity index is 979. The number of benzene rings is 1. The number of aryl methyl sites for hydroxylation is 1. The summed E-state index contributed by atoms with van der Waals surface area (Å²) in [6.45, 7) is 7.39. The zero-order chi connectivity index (χ0) is 19.3. The fraction of sp³-hybridized carbons (Fsp3) is 0.444. The lowest BCUT2D eigenvalue weighted by atomic mass is 10.0. The highest BCUT2D eigenvalue weighted by atomic mass is 35.5. The van der Waals surface area contributed by atoms with Crippen LogP contribution in [0.4, 0.5) is 0 Å². The molecular weight excluding hydrogens is 407 g/mol. The average Bonchev–Trinajstić information content (AvgIpc) is 3.08. The molecule has 0 aliphatic carbocycles. The number of aromatic nitrogens is 3. The molecule has 6 nitrogen and oxygen atoms in total. The standard InChI is InChI=1S/C18H20Cl2N4O2S/c1-9-7-23(8-10(2)26-9)15(12-4-5-13(19)14(20)6-12)16-17(25)24-18(27-16)21-11(3)22-24/h4-6,9-10,15,25H,7-8H2,1-3H3/t9-,10-,15-/m0/s1. The molecule has 0 spiro atoms. The summed E-state index contributed by atoms with van der Waals surface area (Å²) in [6, 6.07) is 5.41. The van der Waals surface area contributed by atoms with Crippen molar-refractivity contribution in [2.75, 3.05) is 13.1 Å². The van der Waals surface area contributed by atoms with Gasteiger partial charge >= 0.3 is 0 Å². The number of hydrogen-bond donors (Lipinski definition) is 1. The van der Waals surface area contributed by atoms with Crippen LogP contribution in [0.15, 0.2) is 18.2 Å². The number of ether oxygens (including phenoxy) is 1. The van der Waals surface area contributed by atoms with Gasteiger partial charge in [-0.05, 0) is 38.5 Å². The van der Waals surface area contributed by atoms with E-state index in [1.54, 1.807) is 13.0 Å². The first kappa shape index (κ1) is 19.0. The fourth-order valence-electron chi connectivity index (χ4n) is 3.67. The van der Waals surface area contributed by atoms with E-state index in [4.69, 9.17) is 27.9 Å². The predicted molar refractivity (Wildman–Crippen MR) is 107 cm³/mol. The quantitative estimate of drug-likeness (QED) is 0.675. The van der Waals surface area contributed by atoms with Crippen molar-refractivity contribution < 1.29 is 9.84 Å². The Morgan fingerprint density at radius 3 is 2.56 bits per heavy atom. The van der Waals surface area contributed by atoms with Gasteiger partial charge in [0.05, 0.1) is 33.2 Å². The van der Waals surface area contributed by atoms with Crippen LogP contribution in [0.5, 0.6) is 5.88 Å². The number of rotatable bonds is 3. The molecule has 1 fully saturated rings. The minimum atomic E-state index is -0.192. The third-order valence-corrected chi connectivity index (χ3v) is 6.44. The van der Waals surface area contributed by atoms with Crippen molar-refractivity contribution >= 4 is 39.5 Å². The second-order valence-electron chi connectivity index (χ2n) is 6.93. The maximum atomic E-state index is 10.9. The highest BCUT2D eigenvalue weighted by molar-refractivity contribution is 7.17. The molecule has 0 saturated carbocycles. The lowest BCUT2D eigenvalue weighted by molar-refractivity contribution is -0.0764. The molecule has 1 N–H and O–H groups in total. The van der Waals surface area contributed by atoms with Gasteiger partial charge in [-0.25, -0.2) is 4.98 Å². The normalized spacial score (nSPS) is 22.4. The van der Waals surface area contributed by atoms with Crippen molar-refractivity contribution in [3.8, 4) is 5.88 Å². The van der Waals surface area contributed by atoms with Crippen molar-refractivity contribution in [1.29, 1.82) is 0 Å². The smallest absolute Gasteiger partial charge is 0.230 e. The van der Waals surface area contributed by atoms with E-state index in [0.29, 0.717) is 20.8 Å². The van der Waals surface area contributed by atoms with Gasteiger partial charge in [0.15, 0.2) is 0 Å². The molecular formula is C18H20Cl2N4O2S. The summed E-state index contributed by atoms with van der Waals surface area (Å²) < 4.78 is 7.39. The summed E-state index contributed by atoms with van der Waals surface area (Å²) in [7, 11) is 0. The lowest BCUT2D eigenvalue weighted by Gasteiger charge is -2.40. The van der Waals surface area contributed by atoms with Crippen LogP contribution in [0.25, 0.3) is 4.96 Å². The monoisotopic (exact) mass is 426 g/mol. The largest absolute Gasteiger partial charge is 0.492 e. The van der Waals surface area contributed by atoms with E-state index >= 15 is 0 Å². The Morgan fingerprint density at radius 1 is 1.22 bits per heavy atom. The number of morpholine rings is 1. The van der Waals surface area contributed by atoms with Crippen molar-refractivity contribution in [3.63, 3.8) is 0 Å². The Labute approximate surface area is 171 Å². The number of fused-ring (bicyclic) bond motifs is 1. The van der Waals surface area contributed by atoms with Crippen LogP contribution in [0.3, 0.4) is 0 Å². The van der Waals surface area contributed by atoms with E-state index in [2.05, 4.69) is 28.8 Å². The average molecular weight is 427 g/mol. The van der Waals surface area contributed by atoms with Gasteiger partial charge in [-0.15, -0.1) is 5.10 Å². The summed E-state index contributed by atoms with van der Waals surface area (Å²) >= 11 is 13.9. The first-order valence-corrected chi connectivity index (χ1v) is 10.3. The van der Waals surface area contributed by atoms with Gasteiger partial charge in [0.2, 0.25) is 10.8 Å². The van der Waals surface area contributed by atoms with Gasteiger partial charge in [-0.3, -0.25) is 4.90 Å². The topological polar surface area (TPSA) is 62.9 Å². The van der Waals surface area contributed by atoms with Crippen molar-refractivity contribution in [2.45, 2.75) is 39.0 Å². The van der Waals surface area contributed by atoms with E-state index < -0.39 is 0 Å². The first-order chi connectivity index (χ1) is 12.8. The molecule has 27 heavy (non-hydrogen) atoms. The highest BCUT2D eigenvalue weighted by Gasteiger charge is 2.34. The molecule has 9 heteroatoms. The first-order valence-electron chi connectivity index (χ1n) is 8.73. The number of thiazole rings is 1. The summed E-state index contributed by atoms with van der Waals surface area (Å²) in [5.74, 6) is 0.737. The number of aromatic hydroxyl groups is 1. The van der Waals surface area contributed by atoms with E-state index in [9.17, 15) is 5.11 Å². The van der Waals surface area contributed by atoms with Gasteiger partial charge in [0, 0.05) is 13.1 Å². The molecule has 0 unspecified atom stereocenters. The van der Waals surface area contributed by atoms with Crippen LogP contribution >= 0.6 is 34.5 Å². The zero-order valence-corrected chi connectivity index (χ0v) is 17.5. The molecule has 0 bridgehead atoms. The third-order valence-electron chi connectivity index (χ3n) is 4.63. The second kappa shape index (κ2) is 7.22. The minimum Gasteiger partial charge on any atom is -0.492 e. The molecule has 1 saturated heterocycles. The Hall–Kier alpha value is -1.38. The third kappa shape index (κ3) is 3.54. The zero-order valence-electron chi connectivity index (χ0n) is 15.2. The van der Waals surface area contributed by atoms with Crippen LogP contribution in [-0.4, -0.2) is 49.9 Å². The highest BCUT2D eigenvalue weighted by Crippen LogP contribution is 2.42. The summed E-state index contributed by atoms with van der Waals surface area (Å²) in [6.07, 6.45) is 0.177. The molecule has 4 rings (SSSR count). The van der Waals surface area contributed by atoms with Gasteiger partial charge in [0.25, 0.3) is 0 Å². The molecule has 1 aliphatic heterocycles. The van der Waals surface area contributed by atoms with E-state index in [1.165, 1.54) is 15.9 Å². The minimum absolute atomic E-state index is 0.0885. The Balaban J connectivity index is 1.85. The van der Waals surface area contributed by atoms with E-state index in [0.717, 1.165) is 23.5 Å². The van der Waals surface area contributed by atoms with Crippen molar-refractivity contribution in [1.82, 2.24) is 19.5 Å². The molecule has 144 valence electrons. The summed E-state index contributed by atoms with van der Waals surface area (Å²) in [5.41, 5.74) is 0.960. The summed E-state index contributed by atoms with van der Waals surface area (Å²) in [5, 5.41) is 16.2. The van der Waals surface area contributed by atoms with Crippen LogP contribution in [0.1, 0.15) is 36.2 Å². The van der Waals surface area contributed by atoms with Crippen LogP contribution in [-0.2, 0) is 4.74 Å². The Kier molecular flexibility index (Phi) is 5.07. The molecule has 3 aromatic rings. The van der Waals surface area contributed by atoms with Crippen LogP contribution in [0, 0.1) is 6.92 Å². The predicted octanol–water partition coefficient (Wildman–Crippen LogP) is 4.31. The van der Waals surface area contributed by atoms with Crippen molar-refractivity contribution in [2.24, 2.45) is 0 Å². The number of nitrogens with zero attached hydrogens (tertiary/aromatic N) is 4. The van der Waals surface area contributed by atoms with Gasteiger partial charge in [-0.2, -0.15) is 4.52 Å². The maximum absolute atomic E-state index is 10.9. The van der Waals surface area contributed by atoms with E-state index in [-0.39, 0.29) is 24.1 Å². The van der Waals surface area contributed by atoms with Gasteiger partial charge in [-0.1, -0.05) is 40.6 Å². The number of halogens is 2. The maximum Gasteiger partial charge on any atom is 0.230 e. The van der Waals surface area contributed by atoms with E-state index in [1.807, 2.05) is 12.1 Å². The van der Waals surface area contributed by atoms with Crippen LogP contribution in [0.2, 0.25) is 10.0 Å².